The SMILES string of the molecule is Cc1ccccc1CN(C)CCOc1ccccc1N. The number of nitrogens with two attached hydrogens (primary N) is 1. The summed E-state index contributed by atoms with van der Waals surface area (Å²) in [6.07, 6.45) is 0. The van der Waals surface area contributed by atoms with Crippen LogP contribution in [0, 0.1) is 6.92 Å². The van der Waals surface area contributed by atoms with Gasteiger partial charge in [-0.3, -0.25) is 4.90 Å². The molecule has 0 aliphatic heterocycles. The molecule has 3 heteroatoms. The van der Waals surface area contributed by atoms with Gasteiger partial charge < -0.3 is 10.5 Å². The summed E-state index contributed by atoms with van der Waals surface area (Å²) in [6.45, 7) is 4.57. The molecule has 0 unspecified atom stereocenters. The summed E-state index contributed by atoms with van der Waals surface area (Å²) in [4.78, 5) is 2.25. The van der Waals surface area contributed by atoms with E-state index < -0.39 is 0 Å². The van der Waals surface area contributed by atoms with Crippen LogP contribution in [0.3, 0.4) is 0 Å². The quantitative estimate of drug-likeness (QED) is 0.820. The van der Waals surface area contributed by atoms with Gasteiger partial charge in [0.05, 0.1) is 5.69 Å². The van der Waals surface area contributed by atoms with Crippen LogP contribution in [0.2, 0.25) is 0 Å². The van der Waals surface area contributed by atoms with Crippen LogP contribution in [0.25, 0.3) is 0 Å². The standard InChI is InChI=1S/C17H22N2O/c1-14-7-3-4-8-15(14)13-19(2)11-12-20-17-10-6-5-9-16(17)18/h3-10H,11-13,18H2,1-2H3. The molecule has 2 aromatic rings. The second-order valence-electron chi connectivity index (χ2n) is 5.05. The van der Waals surface area contributed by atoms with Crippen LogP contribution in [0.5, 0.6) is 5.75 Å². The van der Waals surface area contributed by atoms with Crippen LogP contribution in [0.1, 0.15) is 11.1 Å². The van der Waals surface area contributed by atoms with Gasteiger partial charge in [-0.2, -0.15) is 0 Å². The zero-order valence-electron chi connectivity index (χ0n) is 12.2. The number of likely N-dealkylation sites (N-methyl/N-ethyl adjacent to an activating group) is 1. The Kier molecular flexibility index (Phi) is 5.02. The van der Waals surface area contributed by atoms with Crippen LogP contribution in [0.4, 0.5) is 5.69 Å². The Morgan fingerprint density at radius 1 is 1.05 bits per heavy atom. The molecule has 106 valence electrons. The van der Waals surface area contributed by atoms with Crippen molar-refractivity contribution in [2.24, 2.45) is 0 Å². The number of aryl methyl sites for hydroxylation is 1. The van der Waals surface area contributed by atoms with Crippen LogP contribution >= 0.6 is 0 Å². The van der Waals surface area contributed by atoms with Crippen molar-refractivity contribution in [1.82, 2.24) is 4.90 Å². The van der Waals surface area contributed by atoms with Gasteiger partial charge in [0.2, 0.25) is 0 Å². The number of anilines is 1. The zero-order chi connectivity index (χ0) is 14.4. The van der Waals surface area contributed by atoms with Gasteiger partial charge in [0.15, 0.2) is 0 Å². The smallest absolute Gasteiger partial charge is 0.142 e. The number of hydrogen-bond acceptors (Lipinski definition) is 3. The maximum absolute atomic E-state index is 5.84. The van der Waals surface area contributed by atoms with Gasteiger partial charge in [-0.25, -0.2) is 0 Å². The van der Waals surface area contributed by atoms with Crippen molar-refractivity contribution < 1.29 is 4.74 Å². The van der Waals surface area contributed by atoms with Crippen molar-refractivity contribution in [3.63, 3.8) is 0 Å². The van der Waals surface area contributed by atoms with Gasteiger partial charge in [-0.15, -0.1) is 0 Å². The lowest BCUT2D eigenvalue weighted by Crippen LogP contribution is -2.24. The first-order chi connectivity index (χ1) is 9.66. The molecule has 0 heterocycles. The molecule has 0 bridgehead atoms. The average molecular weight is 270 g/mol. The van der Waals surface area contributed by atoms with E-state index in [1.165, 1.54) is 11.1 Å². The molecule has 0 spiro atoms. The average Bonchev–Trinajstić information content (AvgIpc) is 2.43. The summed E-state index contributed by atoms with van der Waals surface area (Å²) in [5, 5.41) is 0. The summed E-state index contributed by atoms with van der Waals surface area (Å²) >= 11 is 0. The summed E-state index contributed by atoms with van der Waals surface area (Å²) in [6, 6.07) is 16.1. The van der Waals surface area contributed by atoms with Gasteiger partial charge in [-0.05, 0) is 37.2 Å². The lowest BCUT2D eigenvalue weighted by Gasteiger charge is -2.18. The Morgan fingerprint density at radius 2 is 1.75 bits per heavy atom. The Bertz CT molecular complexity index is 554. The Labute approximate surface area is 121 Å². The summed E-state index contributed by atoms with van der Waals surface area (Å²) in [7, 11) is 2.10. The second-order valence-corrected chi connectivity index (χ2v) is 5.05. The van der Waals surface area contributed by atoms with Crippen molar-refractivity contribution in [2.75, 3.05) is 25.9 Å². The van der Waals surface area contributed by atoms with E-state index in [2.05, 4.69) is 43.1 Å². The Morgan fingerprint density at radius 3 is 2.50 bits per heavy atom. The lowest BCUT2D eigenvalue weighted by atomic mass is 10.1. The first kappa shape index (κ1) is 14.4. The minimum absolute atomic E-state index is 0.636. The van der Waals surface area contributed by atoms with E-state index in [0.29, 0.717) is 12.3 Å². The molecule has 2 aromatic carbocycles. The summed E-state index contributed by atoms with van der Waals surface area (Å²) in [5.74, 6) is 0.761. The normalized spacial score (nSPS) is 10.8. The molecule has 0 radical (unpaired) electrons. The minimum atomic E-state index is 0.636. The molecule has 20 heavy (non-hydrogen) atoms. The number of para-hydroxylation sites is 2. The van der Waals surface area contributed by atoms with Crippen molar-refractivity contribution >= 4 is 5.69 Å². The molecular weight excluding hydrogens is 248 g/mol. The number of benzene rings is 2. The number of rotatable bonds is 6. The van der Waals surface area contributed by atoms with Crippen LogP contribution in [-0.2, 0) is 6.54 Å². The van der Waals surface area contributed by atoms with E-state index in [-0.39, 0.29) is 0 Å². The van der Waals surface area contributed by atoms with Gasteiger partial charge in [0.25, 0.3) is 0 Å². The first-order valence-electron chi connectivity index (χ1n) is 6.87. The molecule has 0 aliphatic carbocycles. The van der Waals surface area contributed by atoms with Crippen LogP contribution in [0.15, 0.2) is 48.5 Å². The van der Waals surface area contributed by atoms with E-state index in [4.69, 9.17) is 10.5 Å². The topological polar surface area (TPSA) is 38.5 Å². The van der Waals surface area contributed by atoms with Crippen molar-refractivity contribution in [3.8, 4) is 5.75 Å². The number of nitrogens with zero attached hydrogens (tertiary/aromatic N) is 1. The van der Waals surface area contributed by atoms with Crippen molar-refractivity contribution in [3.05, 3.63) is 59.7 Å². The van der Waals surface area contributed by atoms with E-state index >= 15 is 0 Å². The fourth-order valence-electron chi connectivity index (χ4n) is 2.08. The van der Waals surface area contributed by atoms with Crippen molar-refractivity contribution in [2.45, 2.75) is 13.5 Å². The number of ether oxygens (including phenoxy) is 1. The van der Waals surface area contributed by atoms with Crippen molar-refractivity contribution in [1.29, 1.82) is 0 Å². The number of hydrogen-bond donors (Lipinski definition) is 1. The molecule has 0 amide bonds. The molecule has 0 aromatic heterocycles. The van der Waals surface area contributed by atoms with Gasteiger partial charge >= 0.3 is 0 Å². The maximum atomic E-state index is 5.84. The molecule has 3 nitrogen and oxygen atoms in total. The minimum Gasteiger partial charge on any atom is -0.490 e. The summed E-state index contributed by atoms with van der Waals surface area (Å²) in [5.41, 5.74) is 9.21. The largest absolute Gasteiger partial charge is 0.490 e. The monoisotopic (exact) mass is 270 g/mol. The van der Waals surface area contributed by atoms with Gasteiger partial charge in [-0.1, -0.05) is 36.4 Å². The predicted molar refractivity (Wildman–Crippen MR) is 83.9 cm³/mol. The van der Waals surface area contributed by atoms with E-state index in [9.17, 15) is 0 Å². The third kappa shape index (κ3) is 4.00. The van der Waals surface area contributed by atoms with Crippen LogP contribution < -0.4 is 10.5 Å². The molecule has 0 saturated carbocycles. The van der Waals surface area contributed by atoms with Gasteiger partial charge in [0, 0.05) is 13.1 Å². The zero-order valence-corrected chi connectivity index (χ0v) is 12.2. The number of nitrogen functional groups attached to an aromatic ring is 1. The summed E-state index contributed by atoms with van der Waals surface area (Å²) < 4.78 is 5.71. The van der Waals surface area contributed by atoms with E-state index in [1.54, 1.807) is 0 Å². The first-order valence-corrected chi connectivity index (χ1v) is 6.87. The fourth-order valence-corrected chi connectivity index (χ4v) is 2.08. The maximum Gasteiger partial charge on any atom is 0.142 e. The third-order valence-corrected chi connectivity index (χ3v) is 3.35. The Hall–Kier alpha value is -2.00. The molecule has 0 aliphatic rings. The highest BCUT2D eigenvalue weighted by molar-refractivity contribution is 5.51. The predicted octanol–water partition coefficient (Wildman–Crippen LogP) is 3.09. The lowest BCUT2D eigenvalue weighted by molar-refractivity contribution is 0.233. The third-order valence-electron chi connectivity index (χ3n) is 3.35. The highest BCUT2D eigenvalue weighted by Gasteiger charge is 2.04. The molecule has 0 atom stereocenters. The molecular formula is C17H22N2O. The Balaban J connectivity index is 1.80. The molecule has 0 saturated heterocycles. The highest BCUT2D eigenvalue weighted by atomic mass is 16.5. The highest BCUT2D eigenvalue weighted by Crippen LogP contribution is 2.19. The molecule has 2 rings (SSSR count). The van der Waals surface area contributed by atoms with E-state index in [0.717, 1.165) is 18.8 Å². The fraction of sp³-hybridized carbons (Fsp3) is 0.294. The second kappa shape index (κ2) is 6.96. The molecule has 0 fully saturated rings. The van der Waals surface area contributed by atoms with Gasteiger partial charge in [0.1, 0.15) is 12.4 Å². The molecule has 2 N–H and O–H groups in total. The van der Waals surface area contributed by atoms with Crippen LogP contribution in [-0.4, -0.2) is 25.1 Å². The van der Waals surface area contributed by atoms with E-state index in [1.807, 2.05) is 24.3 Å².